The molecule has 0 spiro atoms. The first kappa shape index (κ1) is 11.1. The van der Waals surface area contributed by atoms with Gasteiger partial charge in [0.25, 0.3) is 5.56 Å². The van der Waals surface area contributed by atoms with Crippen LogP contribution in [-0.4, -0.2) is 15.6 Å². The summed E-state index contributed by atoms with van der Waals surface area (Å²) in [6, 6.07) is -0.106. The van der Waals surface area contributed by atoms with Crippen LogP contribution in [0.3, 0.4) is 0 Å². The Morgan fingerprint density at radius 1 is 1.60 bits per heavy atom. The molecule has 82 valence electrons. The number of aromatic amines is 1. The van der Waals surface area contributed by atoms with Gasteiger partial charge in [-0.3, -0.25) is 14.3 Å². The molecule has 0 aliphatic carbocycles. The summed E-state index contributed by atoms with van der Waals surface area (Å²) >= 11 is 0. The van der Waals surface area contributed by atoms with Crippen LogP contribution in [0, 0.1) is 0 Å². The van der Waals surface area contributed by atoms with Crippen molar-refractivity contribution in [3.63, 3.8) is 0 Å². The normalized spacial score (nSPS) is 12.1. The average Bonchev–Trinajstić information content (AvgIpc) is 2.21. The summed E-state index contributed by atoms with van der Waals surface area (Å²) in [5.74, 6) is 0.109. The highest BCUT2D eigenvalue weighted by atomic mass is 16.2. The molecule has 4 N–H and O–H groups in total. The SMILES string of the molecule is C=CC(C)Nc1c(N)n(C)c(=O)[nH]c1=O. The lowest BCUT2D eigenvalue weighted by molar-refractivity contribution is 0.809. The van der Waals surface area contributed by atoms with E-state index < -0.39 is 11.2 Å². The van der Waals surface area contributed by atoms with Gasteiger partial charge >= 0.3 is 5.69 Å². The predicted molar refractivity (Wildman–Crippen MR) is 60.0 cm³/mol. The molecule has 0 saturated carbocycles. The number of hydrogen-bond acceptors (Lipinski definition) is 4. The van der Waals surface area contributed by atoms with Crippen molar-refractivity contribution in [2.75, 3.05) is 11.1 Å². The predicted octanol–water partition coefficient (Wildman–Crippen LogP) is -0.358. The molecule has 0 bridgehead atoms. The van der Waals surface area contributed by atoms with Crippen LogP contribution in [0.25, 0.3) is 0 Å². The number of hydrogen-bond donors (Lipinski definition) is 3. The average molecular weight is 210 g/mol. The third-order valence-electron chi connectivity index (χ3n) is 2.10. The van der Waals surface area contributed by atoms with Crippen LogP contribution in [0.15, 0.2) is 22.2 Å². The Bertz CT molecular complexity index is 486. The fourth-order valence-corrected chi connectivity index (χ4v) is 1.06. The molecule has 6 heteroatoms. The Morgan fingerprint density at radius 2 is 2.20 bits per heavy atom. The van der Waals surface area contributed by atoms with Crippen molar-refractivity contribution in [3.05, 3.63) is 33.5 Å². The molecule has 1 heterocycles. The van der Waals surface area contributed by atoms with Crippen molar-refractivity contribution in [2.24, 2.45) is 7.05 Å². The van der Waals surface area contributed by atoms with Crippen LogP contribution in [0.4, 0.5) is 11.5 Å². The molecule has 0 aliphatic heterocycles. The fraction of sp³-hybridized carbons (Fsp3) is 0.333. The molecule has 15 heavy (non-hydrogen) atoms. The van der Waals surface area contributed by atoms with E-state index in [1.54, 1.807) is 6.08 Å². The van der Waals surface area contributed by atoms with E-state index >= 15 is 0 Å². The molecule has 1 aromatic rings. The monoisotopic (exact) mass is 210 g/mol. The van der Waals surface area contributed by atoms with E-state index in [0.29, 0.717) is 0 Å². The summed E-state index contributed by atoms with van der Waals surface area (Å²) in [5.41, 5.74) is 4.76. The van der Waals surface area contributed by atoms with Crippen molar-refractivity contribution in [2.45, 2.75) is 13.0 Å². The standard InChI is InChI=1S/C9H14N4O2/c1-4-5(2)11-6-7(10)13(3)9(15)12-8(6)14/h4-5,11H,1,10H2,2-3H3,(H,12,14,15). The summed E-state index contributed by atoms with van der Waals surface area (Å²) in [4.78, 5) is 24.7. The van der Waals surface area contributed by atoms with Gasteiger partial charge in [-0.1, -0.05) is 6.08 Å². The number of nitrogens with zero attached hydrogens (tertiary/aromatic N) is 1. The zero-order chi connectivity index (χ0) is 11.6. The van der Waals surface area contributed by atoms with E-state index in [-0.39, 0.29) is 17.5 Å². The Morgan fingerprint density at radius 3 is 2.73 bits per heavy atom. The molecule has 1 aromatic heterocycles. The lowest BCUT2D eigenvalue weighted by Gasteiger charge is -2.13. The number of rotatable bonds is 3. The summed E-state index contributed by atoms with van der Waals surface area (Å²) in [6.45, 7) is 5.39. The van der Waals surface area contributed by atoms with E-state index in [4.69, 9.17) is 5.73 Å². The highest BCUT2D eigenvalue weighted by Gasteiger charge is 2.10. The van der Waals surface area contributed by atoms with Gasteiger partial charge in [0, 0.05) is 13.1 Å². The minimum absolute atomic E-state index is 0.106. The van der Waals surface area contributed by atoms with E-state index in [2.05, 4.69) is 16.9 Å². The topological polar surface area (TPSA) is 92.9 Å². The zero-order valence-corrected chi connectivity index (χ0v) is 8.70. The van der Waals surface area contributed by atoms with Gasteiger partial charge < -0.3 is 11.1 Å². The van der Waals surface area contributed by atoms with Crippen LogP contribution in [0.1, 0.15) is 6.92 Å². The third kappa shape index (κ3) is 2.09. The molecular formula is C9H14N4O2. The van der Waals surface area contributed by atoms with E-state index in [0.717, 1.165) is 0 Å². The number of nitrogens with one attached hydrogen (secondary N) is 2. The second kappa shape index (κ2) is 4.04. The van der Waals surface area contributed by atoms with E-state index in [1.165, 1.54) is 11.6 Å². The number of nitrogens with two attached hydrogens (primary N) is 1. The van der Waals surface area contributed by atoms with Crippen LogP contribution in [0.2, 0.25) is 0 Å². The van der Waals surface area contributed by atoms with Crippen molar-refractivity contribution in [1.29, 1.82) is 0 Å². The Kier molecular flexibility index (Phi) is 2.99. The van der Waals surface area contributed by atoms with Crippen LogP contribution < -0.4 is 22.3 Å². The minimum Gasteiger partial charge on any atom is -0.383 e. The van der Waals surface area contributed by atoms with E-state index in [1.807, 2.05) is 6.92 Å². The molecule has 6 nitrogen and oxygen atoms in total. The van der Waals surface area contributed by atoms with Gasteiger partial charge in [0.05, 0.1) is 0 Å². The quantitative estimate of drug-likeness (QED) is 0.594. The smallest absolute Gasteiger partial charge is 0.329 e. The van der Waals surface area contributed by atoms with Crippen molar-refractivity contribution in [3.8, 4) is 0 Å². The van der Waals surface area contributed by atoms with Crippen molar-refractivity contribution < 1.29 is 0 Å². The fourth-order valence-electron chi connectivity index (χ4n) is 1.06. The van der Waals surface area contributed by atoms with Crippen LogP contribution >= 0.6 is 0 Å². The van der Waals surface area contributed by atoms with Crippen molar-refractivity contribution >= 4 is 11.5 Å². The molecule has 0 aromatic carbocycles. The Labute approximate surface area is 86.4 Å². The first-order valence-corrected chi connectivity index (χ1v) is 4.45. The molecule has 0 amide bonds. The number of H-pyrrole nitrogens is 1. The van der Waals surface area contributed by atoms with Crippen LogP contribution in [0.5, 0.6) is 0 Å². The number of aromatic nitrogens is 2. The summed E-state index contributed by atoms with van der Waals surface area (Å²) in [5, 5.41) is 2.85. The highest BCUT2D eigenvalue weighted by Crippen LogP contribution is 2.09. The lowest BCUT2D eigenvalue weighted by Crippen LogP contribution is -2.33. The zero-order valence-electron chi connectivity index (χ0n) is 8.70. The van der Waals surface area contributed by atoms with Gasteiger partial charge in [0.15, 0.2) is 0 Å². The first-order valence-electron chi connectivity index (χ1n) is 4.45. The maximum atomic E-state index is 11.4. The number of nitrogen functional groups attached to an aromatic ring is 1. The second-order valence-corrected chi connectivity index (χ2v) is 3.25. The summed E-state index contributed by atoms with van der Waals surface area (Å²) in [6.07, 6.45) is 1.63. The summed E-state index contributed by atoms with van der Waals surface area (Å²) in [7, 11) is 1.48. The van der Waals surface area contributed by atoms with E-state index in [9.17, 15) is 9.59 Å². The molecule has 0 saturated heterocycles. The van der Waals surface area contributed by atoms with Gasteiger partial charge in [-0.25, -0.2) is 4.79 Å². The lowest BCUT2D eigenvalue weighted by atomic mass is 10.3. The molecular weight excluding hydrogens is 196 g/mol. The number of anilines is 2. The first-order chi connectivity index (χ1) is 6.97. The molecule has 0 aliphatic rings. The van der Waals surface area contributed by atoms with Gasteiger partial charge in [-0.15, -0.1) is 6.58 Å². The maximum Gasteiger partial charge on any atom is 0.329 e. The second-order valence-electron chi connectivity index (χ2n) is 3.25. The third-order valence-corrected chi connectivity index (χ3v) is 2.10. The molecule has 0 fully saturated rings. The minimum atomic E-state index is -0.533. The molecule has 1 rings (SSSR count). The van der Waals surface area contributed by atoms with Gasteiger partial charge in [0.1, 0.15) is 11.5 Å². The van der Waals surface area contributed by atoms with Gasteiger partial charge in [0.2, 0.25) is 0 Å². The molecule has 1 unspecified atom stereocenters. The van der Waals surface area contributed by atoms with Gasteiger partial charge in [-0.05, 0) is 6.92 Å². The Hall–Kier alpha value is -1.98. The summed E-state index contributed by atoms with van der Waals surface area (Å²) < 4.78 is 1.17. The Balaban J connectivity index is 3.30. The van der Waals surface area contributed by atoms with Crippen molar-refractivity contribution in [1.82, 2.24) is 9.55 Å². The maximum absolute atomic E-state index is 11.4. The highest BCUT2D eigenvalue weighted by molar-refractivity contribution is 5.61. The van der Waals surface area contributed by atoms with Gasteiger partial charge in [-0.2, -0.15) is 0 Å². The van der Waals surface area contributed by atoms with Crippen LogP contribution in [-0.2, 0) is 7.05 Å². The molecule has 1 atom stereocenters. The largest absolute Gasteiger partial charge is 0.383 e. The molecule has 0 radical (unpaired) electrons.